The van der Waals surface area contributed by atoms with E-state index in [4.69, 9.17) is 23.7 Å². The minimum absolute atomic E-state index is 0.102. The second-order valence-electron chi connectivity index (χ2n) is 9.07. The largest absolute Gasteiger partial charge is 0.394 e. The Labute approximate surface area is 214 Å². The molecule has 11 heteroatoms. The molecule has 204 valence electrons. The molecule has 37 heavy (non-hydrogen) atoms. The number of benzene rings is 2. The third kappa shape index (κ3) is 6.72. The number of aliphatic hydroxyl groups excluding tert-OH is 6. The molecule has 2 aliphatic rings. The van der Waals surface area contributed by atoms with E-state index in [9.17, 15) is 30.6 Å². The maximum Gasteiger partial charge on any atom is 0.187 e. The van der Waals surface area contributed by atoms with Gasteiger partial charge in [-0.15, -0.1) is 0 Å². The molecular weight excluding hydrogens is 488 g/mol. The van der Waals surface area contributed by atoms with Gasteiger partial charge in [-0.1, -0.05) is 60.7 Å². The van der Waals surface area contributed by atoms with Crippen molar-refractivity contribution in [3.8, 4) is 0 Å². The van der Waals surface area contributed by atoms with Crippen molar-refractivity contribution in [3.63, 3.8) is 0 Å². The maximum atomic E-state index is 11.0. The fourth-order valence-corrected chi connectivity index (χ4v) is 4.36. The van der Waals surface area contributed by atoms with Gasteiger partial charge in [-0.2, -0.15) is 0 Å². The zero-order valence-electron chi connectivity index (χ0n) is 20.1. The van der Waals surface area contributed by atoms with Crippen LogP contribution in [0.5, 0.6) is 0 Å². The highest BCUT2D eigenvalue weighted by molar-refractivity contribution is 5.14. The molecule has 0 unspecified atom stereocenters. The zero-order chi connectivity index (χ0) is 26.4. The van der Waals surface area contributed by atoms with Crippen LogP contribution >= 0.6 is 0 Å². The van der Waals surface area contributed by atoms with Crippen molar-refractivity contribution in [3.05, 3.63) is 71.8 Å². The molecule has 0 bridgehead atoms. The lowest BCUT2D eigenvalue weighted by Crippen LogP contribution is -2.65. The third-order valence-corrected chi connectivity index (χ3v) is 6.48. The van der Waals surface area contributed by atoms with Crippen LogP contribution in [0.4, 0.5) is 0 Å². The summed E-state index contributed by atoms with van der Waals surface area (Å²) in [4.78, 5) is 0. The molecule has 10 atom stereocenters. The van der Waals surface area contributed by atoms with Gasteiger partial charge in [0, 0.05) is 0 Å². The first kappa shape index (κ1) is 28.0. The Morgan fingerprint density at radius 2 is 1.08 bits per heavy atom. The second kappa shape index (κ2) is 13.2. The number of hydrogen-bond acceptors (Lipinski definition) is 11. The topological polar surface area (TPSA) is 168 Å². The van der Waals surface area contributed by atoms with Gasteiger partial charge in [-0.25, -0.2) is 0 Å². The molecule has 0 aromatic heterocycles. The highest BCUT2D eigenvalue weighted by Crippen LogP contribution is 2.32. The van der Waals surface area contributed by atoms with Gasteiger partial charge in [0.2, 0.25) is 0 Å². The van der Waals surface area contributed by atoms with E-state index in [1.54, 1.807) is 0 Å². The summed E-state index contributed by atoms with van der Waals surface area (Å²) in [5.74, 6) is 0. The van der Waals surface area contributed by atoms with Gasteiger partial charge in [0.15, 0.2) is 12.6 Å². The summed E-state index contributed by atoms with van der Waals surface area (Å²) < 4.78 is 29.3. The van der Waals surface area contributed by atoms with Crippen LogP contribution in [-0.2, 0) is 36.9 Å². The summed E-state index contributed by atoms with van der Waals surface area (Å²) >= 11 is 0. The van der Waals surface area contributed by atoms with Gasteiger partial charge in [-0.05, 0) is 11.1 Å². The van der Waals surface area contributed by atoms with Crippen molar-refractivity contribution in [1.29, 1.82) is 0 Å². The molecule has 0 spiro atoms. The highest BCUT2D eigenvalue weighted by Gasteiger charge is 2.51. The Morgan fingerprint density at radius 3 is 1.65 bits per heavy atom. The lowest BCUT2D eigenvalue weighted by atomic mass is 9.96. The molecule has 6 N–H and O–H groups in total. The van der Waals surface area contributed by atoms with E-state index in [1.165, 1.54) is 0 Å². The van der Waals surface area contributed by atoms with Gasteiger partial charge >= 0.3 is 0 Å². The van der Waals surface area contributed by atoms with E-state index in [0.717, 1.165) is 11.1 Å². The summed E-state index contributed by atoms with van der Waals surface area (Å²) in [6, 6.07) is 18.6. The van der Waals surface area contributed by atoms with Crippen molar-refractivity contribution in [1.82, 2.24) is 0 Å². The van der Waals surface area contributed by atoms with Crippen molar-refractivity contribution in [2.24, 2.45) is 0 Å². The first-order valence-corrected chi connectivity index (χ1v) is 12.1. The van der Waals surface area contributed by atoms with Gasteiger partial charge in [0.05, 0.1) is 26.4 Å². The number of ether oxygens (including phenoxy) is 5. The lowest BCUT2D eigenvalue weighted by molar-refractivity contribution is -0.366. The van der Waals surface area contributed by atoms with Crippen molar-refractivity contribution in [2.45, 2.75) is 74.6 Å². The standard InChI is InChI=1S/C26H34O11/c27-11-17-19(29)21(31)22(32)25(35-17)37-23-20(30)18(12-28)36-26(34-14-16-9-5-2-6-10-16)24(23)33-13-15-7-3-1-4-8-15/h1-10,17-32H,11-14H2/t17-,18-,19+,20+,21+,22-,23+,24-,25+,26-/m1/s1. The minimum atomic E-state index is -1.70. The molecule has 2 saturated heterocycles. The molecule has 0 aliphatic carbocycles. The molecule has 4 rings (SSSR count). The number of aliphatic hydroxyl groups is 6. The Bertz CT molecular complexity index is 931. The first-order chi connectivity index (χ1) is 17.9. The van der Waals surface area contributed by atoms with Gasteiger partial charge in [-0.3, -0.25) is 0 Å². The smallest absolute Gasteiger partial charge is 0.187 e. The predicted molar refractivity (Wildman–Crippen MR) is 127 cm³/mol. The van der Waals surface area contributed by atoms with E-state index in [0.29, 0.717) is 0 Å². The van der Waals surface area contributed by atoms with Crippen LogP contribution < -0.4 is 0 Å². The van der Waals surface area contributed by atoms with Crippen LogP contribution in [0, 0.1) is 0 Å². The van der Waals surface area contributed by atoms with E-state index in [-0.39, 0.29) is 13.2 Å². The average molecular weight is 523 g/mol. The Balaban J connectivity index is 1.57. The molecule has 11 nitrogen and oxygen atoms in total. The Kier molecular flexibility index (Phi) is 9.98. The Morgan fingerprint density at radius 1 is 0.568 bits per heavy atom. The normalized spacial score (nSPS) is 36.4. The minimum Gasteiger partial charge on any atom is -0.394 e. The SMILES string of the molecule is OC[C@H]1O[C@@H](O[C@H]2[C@@H](O)[C@@H](CO)O[C@@H](OCc3ccccc3)[C@@H]2OCc2ccccc2)[C@H](O)[C@@H](O)[C@H]1O. The number of hydrogen-bond donors (Lipinski definition) is 6. The van der Waals surface area contributed by atoms with E-state index >= 15 is 0 Å². The maximum absolute atomic E-state index is 11.0. The van der Waals surface area contributed by atoms with Crippen LogP contribution in [0.25, 0.3) is 0 Å². The molecule has 2 heterocycles. The van der Waals surface area contributed by atoms with E-state index in [2.05, 4.69) is 0 Å². The quantitative estimate of drug-likeness (QED) is 0.228. The van der Waals surface area contributed by atoms with Crippen molar-refractivity contribution in [2.75, 3.05) is 13.2 Å². The second-order valence-corrected chi connectivity index (χ2v) is 9.07. The summed E-state index contributed by atoms with van der Waals surface area (Å²) in [6.07, 6.45) is -13.6. The summed E-state index contributed by atoms with van der Waals surface area (Å²) in [6.45, 7) is -0.966. The van der Waals surface area contributed by atoms with Crippen LogP contribution in [0.1, 0.15) is 11.1 Å². The molecule has 2 aromatic rings. The van der Waals surface area contributed by atoms with E-state index < -0.39 is 74.6 Å². The molecule has 0 radical (unpaired) electrons. The fourth-order valence-electron chi connectivity index (χ4n) is 4.36. The lowest BCUT2D eigenvalue weighted by Gasteiger charge is -2.47. The molecule has 0 amide bonds. The van der Waals surface area contributed by atoms with Crippen LogP contribution in [0.15, 0.2) is 60.7 Å². The summed E-state index contributed by atoms with van der Waals surface area (Å²) in [5.41, 5.74) is 1.68. The van der Waals surface area contributed by atoms with Crippen LogP contribution in [0.3, 0.4) is 0 Å². The van der Waals surface area contributed by atoms with Gasteiger partial charge in [0.1, 0.15) is 48.8 Å². The molecule has 2 aromatic carbocycles. The highest BCUT2D eigenvalue weighted by atomic mass is 16.7. The molecule has 0 saturated carbocycles. The summed E-state index contributed by atoms with van der Waals surface area (Å²) in [7, 11) is 0. The molecular formula is C26H34O11. The van der Waals surface area contributed by atoms with Crippen LogP contribution in [-0.4, -0.2) is 105 Å². The van der Waals surface area contributed by atoms with Crippen molar-refractivity contribution < 1.29 is 54.3 Å². The predicted octanol–water partition coefficient (Wildman–Crippen LogP) is -0.948. The van der Waals surface area contributed by atoms with Gasteiger partial charge in [0.25, 0.3) is 0 Å². The monoisotopic (exact) mass is 522 g/mol. The van der Waals surface area contributed by atoms with Crippen molar-refractivity contribution >= 4 is 0 Å². The van der Waals surface area contributed by atoms with E-state index in [1.807, 2.05) is 60.7 Å². The van der Waals surface area contributed by atoms with Crippen LogP contribution in [0.2, 0.25) is 0 Å². The average Bonchev–Trinajstić information content (AvgIpc) is 2.93. The summed E-state index contributed by atoms with van der Waals surface area (Å²) in [5, 5.41) is 61.2. The molecule has 2 fully saturated rings. The first-order valence-electron chi connectivity index (χ1n) is 12.1. The zero-order valence-corrected chi connectivity index (χ0v) is 20.1. The molecule has 2 aliphatic heterocycles. The fraction of sp³-hybridized carbons (Fsp3) is 0.538. The Hall–Kier alpha value is -2.00. The number of rotatable bonds is 10. The third-order valence-electron chi connectivity index (χ3n) is 6.48. The van der Waals surface area contributed by atoms with Gasteiger partial charge < -0.3 is 54.3 Å².